The van der Waals surface area contributed by atoms with E-state index in [2.05, 4.69) is 0 Å². The van der Waals surface area contributed by atoms with Gasteiger partial charge in [0.2, 0.25) is 11.6 Å². The number of hydrogen-bond donors (Lipinski definition) is 0. The molecule has 0 aliphatic carbocycles. The summed E-state index contributed by atoms with van der Waals surface area (Å²) < 4.78 is 0. The molecule has 6 nitrogen and oxygen atoms in total. The smallest absolute Gasteiger partial charge is 0.316 e. The molecule has 0 N–H and O–H groups in total. The maximum atomic E-state index is 11.2. The Labute approximate surface area is 102 Å². The molecule has 0 aromatic carbocycles. The topological polar surface area (TPSA) is 74.8 Å². The van der Waals surface area contributed by atoms with E-state index in [4.69, 9.17) is 23.2 Å². The molecule has 0 atom stereocenters. The number of likely N-dealkylation sites (N-methyl/N-ethyl adjacent to an activating group) is 2. The highest BCUT2D eigenvalue weighted by Gasteiger charge is 2.20. The van der Waals surface area contributed by atoms with E-state index in [-0.39, 0.29) is 0 Å². The SMILES string of the molecule is CN(CC(=O)C(=O)CN(C)C(=O)Cl)C(=O)Cl. The van der Waals surface area contributed by atoms with Crippen LogP contribution in [0, 0.1) is 0 Å². The Kier molecular flexibility index (Phi) is 5.98. The van der Waals surface area contributed by atoms with E-state index in [1.54, 1.807) is 0 Å². The van der Waals surface area contributed by atoms with Crippen LogP contribution in [0.15, 0.2) is 0 Å². The Bertz CT molecular complexity index is 300. The number of halogens is 2. The van der Waals surface area contributed by atoms with Gasteiger partial charge in [-0.15, -0.1) is 0 Å². The van der Waals surface area contributed by atoms with Gasteiger partial charge in [-0.1, -0.05) is 0 Å². The summed E-state index contributed by atoms with van der Waals surface area (Å²) in [7, 11) is 2.55. The lowest BCUT2D eigenvalue weighted by atomic mass is 10.2. The van der Waals surface area contributed by atoms with Crippen LogP contribution >= 0.6 is 23.2 Å². The van der Waals surface area contributed by atoms with Crippen molar-refractivity contribution in [2.75, 3.05) is 27.2 Å². The third-order valence-electron chi connectivity index (χ3n) is 1.67. The van der Waals surface area contributed by atoms with Crippen LogP contribution in [0.4, 0.5) is 9.59 Å². The maximum Gasteiger partial charge on any atom is 0.316 e. The van der Waals surface area contributed by atoms with Crippen LogP contribution in [0.25, 0.3) is 0 Å². The van der Waals surface area contributed by atoms with Crippen molar-refractivity contribution >= 4 is 45.5 Å². The molecule has 0 aliphatic heterocycles. The minimum absolute atomic E-state index is 0.425. The Morgan fingerprint density at radius 2 is 1.06 bits per heavy atom. The van der Waals surface area contributed by atoms with Crippen LogP contribution in [0.5, 0.6) is 0 Å². The lowest BCUT2D eigenvalue weighted by molar-refractivity contribution is -0.136. The fourth-order valence-electron chi connectivity index (χ4n) is 0.731. The van der Waals surface area contributed by atoms with Gasteiger partial charge in [-0.25, -0.2) is 0 Å². The summed E-state index contributed by atoms with van der Waals surface area (Å²) in [5.74, 6) is -1.64. The molecule has 0 aromatic rings. The van der Waals surface area contributed by atoms with E-state index < -0.39 is 35.4 Å². The van der Waals surface area contributed by atoms with Crippen molar-refractivity contribution in [2.24, 2.45) is 0 Å². The summed E-state index contributed by atoms with van der Waals surface area (Å²) >= 11 is 10.1. The molecule has 0 unspecified atom stereocenters. The van der Waals surface area contributed by atoms with Crippen LogP contribution in [-0.2, 0) is 9.59 Å². The van der Waals surface area contributed by atoms with Crippen molar-refractivity contribution in [3.63, 3.8) is 0 Å². The van der Waals surface area contributed by atoms with Gasteiger partial charge < -0.3 is 9.80 Å². The molecule has 0 aromatic heterocycles. The van der Waals surface area contributed by atoms with Crippen LogP contribution in [0.2, 0.25) is 0 Å². The first-order valence-corrected chi connectivity index (χ1v) is 4.88. The molecule has 0 saturated heterocycles. The van der Waals surface area contributed by atoms with Crippen molar-refractivity contribution in [3.8, 4) is 0 Å². The second-order valence-corrected chi connectivity index (χ2v) is 3.71. The molecule has 0 heterocycles. The van der Waals surface area contributed by atoms with Crippen molar-refractivity contribution in [2.45, 2.75) is 0 Å². The summed E-state index contributed by atoms with van der Waals surface area (Å²) in [5, 5.41) is -1.69. The molecule has 0 bridgehead atoms. The summed E-state index contributed by atoms with van der Waals surface area (Å²) in [6, 6.07) is 0. The number of rotatable bonds is 5. The van der Waals surface area contributed by atoms with Crippen LogP contribution < -0.4 is 0 Å². The number of carbonyl (C=O) groups excluding carboxylic acids is 4. The highest BCUT2D eigenvalue weighted by atomic mass is 35.5. The van der Waals surface area contributed by atoms with Gasteiger partial charge in [0.15, 0.2) is 0 Å². The van der Waals surface area contributed by atoms with E-state index in [1.165, 1.54) is 14.1 Å². The molecule has 0 fully saturated rings. The maximum absolute atomic E-state index is 11.2. The van der Waals surface area contributed by atoms with Crippen LogP contribution in [-0.4, -0.2) is 59.3 Å². The molecule has 0 spiro atoms. The Morgan fingerprint density at radius 1 is 0.812 bits per heavy atom. The van der Waals surface area contributed by atoms with Crippen LogP contribution in [0.1, 0.15) is 0 Å². The summed E-state index contributed by atoms with van der Waals surface area (Å²) in [6.45, 7) is -0.850. The molecule has 90 valence electrons. The highest BCUT2D eigenvalue weighted by Crippen LogP contribution is 1.96. The van der Waals surface area contributed by atoms with Crippen molar-refractivity contribution in [1.29, 1.82) is 0 Å². The van der Waals surface area contributed by atoms with Gasteiger partial charge in [0.1, 0.15) is 0 Å². The van der Waals surface area contributed by atoms with E-state index in [9.17, 15) is 19.2 Å². The van der Waals surface area contributed by atoms with Gasteiger partial charge in [0.25, 0.3) is 0 Å². The summed E-state index contributed by atoms with van der Waals surface area (Å²) in [5.41, 5.74) is 0. The number of nitrogens with zero attached hydrogens (tertiary/aromatic N) is 2. The third kappa shape index (κ3) is 5.09. The molecular formula is C8H10Cl2N2O4. The van der Waals surface area contributed by atoms with E-state index in [1.807, 2.05) is 0 Å². The molecule has 8 heteroatoms. The van der Waals surface area contributed by atoms with Gasteiger partial charge >= 0.3 is 10.7 Å². The zero-order valence-corrected chi connectivity index (χ0v) is 10.2. The summed E-state index contributed by atoms with van der Waals surface area (Å²) in [4.78, 5) is 45.4. The van der Waals surface area contributed by atoms with Gasteiger partial charge in [0, 0.05) is 14.1 Å². The fourth-order valence-corrected chi connectivity index (χ4v) is 0.851. The standard InChI is InChI=1S/C8H10Cl2N2O4/c1-11(7(9)15)3-5(13)6(14)4-12(2)8(10)16/h3-4H2,1-2H3. The quantitative estimate of drug-likeness (QED) is 0.418. The lowest BCUT2D eigenvalue weighted by Crippen LogP contribution is -2.38. The predicted molar refractivity (Wildman–Crippen MR) is 57.8 cm³/mol. The number of carbonyl (C=O) groups is 4. The van der Waals surface area contributed by atoms with Gasteiger partial charge in [-0.2, -0.15) is 0 Å². The fraction of sp³-hybridized carbons (Fsp3) is 0.500. The molecule has 0 rings (SSSR count). The normalized spacial score (nSPS) is 9.50. The molecule has 0 saturated carbocycles. The predicted octanol–water partition coefficient (Wildman–Crippen LogP) is 0.706. The second-order valence-electron chi connectivity index (χ2n) is 3.06. The first-order chi connectivity index (χ1) is 7.25. The first kappa shape index (κ1) is 14.9. The van der Waals surface area contributed by atoms with E-state index in [0.29, 0.717) is 0 Å². The second kappa shape index (κ2) is 6.44. The van der Waals surface area contributed by atoms with Crippen molar-refractivity contribution < 1.29 is 19.2 Å². The van der Waals surface area contributed by atoms with E-state index >= 15 is 0 Å². The Hall–Kier alpha value is -1.14. The minimum Gasteiger partial charge on any atom is -0.324 e. The van der Waals surface area contributed by atoms with Crippen molar-refractivity contribution in [1.82, 2.24) is 9.80 Å². The summed E-state index contributed by atoms with van der Waals surface area (Å²) in [6.07, 6.45) is 0. The minimum atomic E-state index is -0.845. The highest BCUT2D eigenvalue weighted by molar-refractivity contribution is 6.63. The molecule has 2 amide bonds. The number of ketones is 2. The molecule has 16 heavy (non-hydrogen) atoms. The first-order valence-electron chi connectivity index (χ1n) is 4.13. The van der Waals surface area contributed by atoms with Gasteiger partial charge in [-0.3, -0.25) is 19.2 Å². The molecule has 0 aliphatic rings. The average Bonchev–Trinajstić information content (AvgIpc) is 2.16. The number of Topliss-reactive ketones (excluding diaryl/α,β-unsaturated/α-hetero) is 2. The number of hydrogen-bond acceptors (Lipinski definition) is 4. The monoisotopic (exact) mass is 268 g/mol. The molecule has 0 radical (unpaired) electrons. The Balaban J connectivity index is 4.25. The van der Waals surface area contributed by atoms with Crippen molar-refractivity contribution in [3.05, 3.63) is 0 Å². The zero-order valence-electron chi connectivity index (χ0n) is 8.70. The van der Waals surface area contributed by atoms with Crippen LogP contribution in [0.3, 0.4) is 0 Å². The third-order valence-corrected chi connectivity index (χ3v) is 2.25. The largest absolute Gasteiger partial charge is 0.324 e. The average molecular weight is 269 g/mol. The van der Waals surface area contributed by atoms with Gasteiger partial charge in [-0.05, 0) is 23.2 Å². The zero-order chi connectivity index (χ0) is 12.9. The van der Waals surface area contributed by atoms with Gasteiger partial charge in [0.05, 0.1) is 13.1 Å². The Morgan fingerprint density at radius 3 is 1.25 bits per heavy atom. The van der Waals surface area contributed by atoms with E-state index in [0.717, 1.165) is 9.80 Å². The lowest BCUT2D eigenvalue weighted by Gasteiger charge is -2.14. The number of amides is 2. The molecular weight excluding hydrogens is 259 g/mol.